The first kappa shape index (κ1) is 15.8. The van der Waals surface area contributed by atoms with Gasteiger partial charge in [-0.05, 0) is 56.4 Å². The maximum atomic E-state index is 12.4. The van der Waals surface area contributed by atoms with E-state index < -0.39 is 11.9 Å². The highest BCUT2D eigenvalue weighted by atomic mass is 16.5. The maximum Gasteiger partial charge on any atom is 0.308 e. The van der Waals surface area contributed by atoms with Crippen LogP contribution in [0.5, 0.6) is 5.75 Å². The number of hydrogen-bond acceptors (Lipinski definition) is 3. The van der Waals surface area contributed by atoms with Crippen molar-refractivity contribution in [1.29, 1.82) is 0 Å². The van der Waals surface area contributed by atoms with Gasteiger partial charge in [0.2, 0.25) is 0 Å². The monoisotopic (exact) mass is 317 g/mol. The molecule has 0 bridgehead atoms. The lowest BCUT2D eigenvalue weighted by Gasteiger charge is -2.23. The smallest absolute Gasteiger partial charge is 0.308 e. The number of ether oxygens (including phenoxy) is 1. The summed E-state index contributed by atoms with van der Waals surface area (Å²) >= 11 is 0. The fraction of sp³-hybridized carbons (Fsp3) is 0.556. The number of rotatable bonds is 4. The molecule has 0 spiro atoms. The number of hydrogen-bond donors (Lipinski definition) is 1. The van der Waals surface area contributed by atoms with Gasteiger partial charge in [0.1, 0.15) is 5.75 Å². The molecule has 5 nitrogen and oxygen atoms in total. The molecular weight excluding hydrogens is 294 g/mol. The lowest BCUT2D eigenvalue weighted by atomic mass is 9.98. The van der Waals surface area contributed by atoms with Gasteiger partial charge >= 0.3 is 5.97 Å². The van der Waals surface area contributed by atoms with Gasteiger partial charge in [-0.2, -0.15) is 0 Å². The van der Waals surface area contributed by atoms with Gasteiger partial charge in [-0.15, -0.1) is 0 Å². The van der Waals surface area contributed by atoms with Crippen molar-refractivity contribution in [2.75, 3.05) is 13.1 Å². The van der Waals surface area contributed by atoms with Crippen molar-refractivity contribution in [1.82, 2.24) is 4.90 Å². The van der Waals surface area contributed by atoms with E-state index in [-0.39, 0.29) is 5.91 Å². The second-order valence-corrected chi connectivity index (χ2v) is 6.48. The molecule has 2 aliphatic rings. The van der Waals surface area contributed by atoms with Gasteiger partial charge in [0.05, 0.1) is 12.0 Å². The third kappa shape index (κ3) is 3.84. The molecule has 23 heavy (non-hydrogen) atoms. The predicted molar refractivity (Wildman–Crippen MR) is 85.6 cm³/mol. The van der Waals surface area contributed by atoms with Gasteiger partial charge in [-0.1, -0.05) is 6.42 Å². The van der Waals surface area contributed by atoms with E-state index in [4.69, 9.17) is 9.84 Å². The summed E-state index contributed by atoms with van der Waals surface area (Å²) in [4.78, 5) is 25.0. The molecule has 1 unspecified atom stereocenters. The summed E-state index contributed by atoms with van der Waals surface area (Å²) in [6.45, 7) is 0.810. The van der Waals surface area contributed by atoms with Crippen LogP contribution in [-0.2, 0) is 4.79 Å². The minimum Gasteiger partial charge on any atom is -0.490 e. The zero-order valence-electron chi connectivity index (χ0n) is 13.2. The minimum atomic E-state index is -0.823. The molecule has 1 aromatic carbocycles. The second kappa shape index (κ2) is 7.02. The predicted octanol–water partition coefficient (Wildman–Crippen LogP) is 2.94. The number of nitrogens with zero attached hydrogens (tertiary/aromatic N) is 1. The summed E-state index contributed by atoms with van der Waals surface area (Å²) in [6.07, 6.45) is 6.77. The number of benzene rings is 1. The number of carboxylic acid groups (broad SMARTS) is 1. The van der Waals surface area contributed by atoms with Crippen molar-refractivity contribution >= 4 is 11.9 Å². The molecule has 1 saturated heterocycles. The summed E-state index contributed by atoms with van der Waals surface area (Å²) in [7, 11) is 0. The molecule has 1 aromatic rings. The van der Waals surface area contributed by atoms with Crippen molar-refractivity contribution in [3.63, 3.8) is 0 Å². The number of carboxylic acids is 1. The quantitative estimate of drug-likeness (QED) is 0.927. The van der Waals surface area contributed by atoms with Crippen LogP contribution in [0, 0.1) is 5.92 Å². The number of aliphatic carboxylic acids is 1. The number of carbonyl (C=O) groups is 2. The van der Waals surface area contributed by atoms with Crippen molar-refractivity contribution in [2.24, 2.45) is 5.92 Å². The molecule has 1 heterocycles. The van der Waals surface area contributed by atoms with Crippen LogP contribution in [0.2, 0.25) is 0 Å². The molecular formula is C18H23NO4. The number of amides is 1. The molecule has 0 radical (unpaired) electrons. The summed E-state index contributed by atoms with van der Waals surface area (Å²) in [5.41, 5.74) is 0.590. The van der Waals surface area contributed by atoms with E-state index in [9.17, 15) is 9.59 Å². The Balaban J connectivity index is 1.58. The van der Waals surface area contributed by atoms with Crippen LogP contribution >= 0.6 is 0 Å². The van der Waals surface area contributed by atoms with E-state index in [0.717, 1.165) is 18.6 Å². The van der Waals surface area contributed by atoms with Crippen molar-refractivity contribution in [2.45, 2.75) is 44.6 Å². The Morgan fingerprint density at radius 1 is 1.04 bits per heavy atom. The average Bonchev–Trinajstić information content (AvgIpc) is 3.06. The highest BCUT2D eigenvalue weighted by Crippen LogP contribution is 2.24. The molecule has 3 rings (SSSR count). The Hall–Kier alpha value is -2.04. The Bertz CT molecular complexity index is 563. The Labute approximate surface area is 136 Å². The molecule has 1 saturated carbocycles. The Kier molecular flexibility index (Phi) is 4.84. The van der Waals surface area contributed by atoms with Crippen LogP contribution in [0.4, 0.5) is 0 Å². The molecule has 1 aliphatic carbocycles. The standard InChI is InChI=1S/C18H23NO4/c20-17(19-11-10-14(12-19)18(21)22)13-6-8-16(9-7-13)23-15-4-2-1-3-5-15/h6-9,14-15H,1-5,10-12H2,(H,21,22). The zero-order chi connectivity index (χ0) is 16.2. The molecule has 124 valence electrons. The van der Waals surface area contributed by atoms with E-state index in [0.29, 0.717) is 31.2 Å². The normalized spacial score (nSPS) is 22.1. The molecule has 1 aliphatic heterocycles. The number of carbonyl (C=O) groups excluding carboxylic acids is 1. The van der Waals surface area contributed by atoms with Gasteiger partial charge in [0, 0.05) is 18.7 Å². The van der Waals surface area contributed by atoms with Crippen LogP contribution in [0.15, 0.2) is 24.3 Å². The fourth-order valence-electron chi connectivity index (χ4n) is 3.38. The second-order valence-electron chi connectivity index (χ2n) is 6.48. The molecule has 1 N–H and O–H groups in total. The summed E-state index contributed by atoms with van der Waals surface area (Å²) in [5, 5.41) is 9.02. The minimum absolute atomic E-state index is 0.0991. The largest absolute Gasteiger partial charge is 0.490 e. The van der Waals surface area contributed by atoms with E-state index in [1.807, 2.05) is 12.1 Å². The van der Waals surface area contributed by atoms with E-state index >= 15 is 0 Å². The highest BCUT2D eigenvalue weighted by Gasteiger charge is 2.31. The van der Waals surface area contributed by atoms with Crippen molar-refractivity contribution in [3.8, 4) is 5.75 Å². The number of likely N-dealkylation sites (tertiary alicyclic amines) is 1. The van der Waals surface area contributed by atoms with Gasteiger partial charge in [0.25, 0.3) is 5.91 Å². The molecule has 2 fully saturated rings. The Morgan fingerprint density at radius 3 is 2.35 bits per heavy atom. The highest BCUT2D eigenvalue weighted by molar-refractivity contribution is 5.94. The van der Waals surface area contributed by atoms with Crippen LogP contribution < -0.4 is 4.74 Å². The van der Waals surface area contributed by atoms with Gasteiger partial charge in [-0.25, -0.2) is 0 Å². The van der Waals surface area contributed by atoms with Crippen molar-refractivity contribution in [3.05, 3.63) is 29.8 Å². The summed E-state index contributed by atoms with van der Waals surface area (Å²) < 4.78 is 5.96. The van der Waals surface area contributed by atoms with Gasteiger partial charge in [-0.3, -0.25) is 9.59 Å². The average molecular weight is 317 g/mol. The third-order valence-corrected chi connectivity index (χ3v) is 4.78. The van der Waals surface area contributed by atoms with Crippen LogP contribution in [0.1, 0.15) is 48.9 Å². The maximum absolute atomic E-state index is 12.4. The summed E-state index contributed by atoms with van der Waals surface area (Å²) in [6, 6.07) is 7.22. The Morgan fingerprint density at radius 2 is 1.74 bits per heavy atom. The van der Waals surface area contributed by atoms with Gasteiger partial charge < -0.3 is 14.7 Å². The van der Waals surface area contributed by atoms with Crippen LogP contribution in [0.3, 0.4) is 0 Å². The molecule has 1 atom stereocenters. The SMILES string of the molecule is O=C(O)C1CCN(C(=O)c2ccc(OC3CCCCC3)cc2)C1. The van der Waals surface area contributed by atoms with E-state index in [2.05, 4.69) is 0 Å². The van der Waals surface area contributed by atoms with Crippen LogP contribution in [0.25, 0.3) is 0 Å². The molecule has 5 heteroatoms. The molecule has 0 aromatic heterocycles. The topological polar surface area (TPSA) is 66.8 Å². The fourth-order valence-corrected chi connectivity index (χ4v) is 3.38. The van der Waals surface area contributed by atoms with E-state index in [1.165, 1.54) is 19.3 Å². The lowest BCUT2D eigenvalue weighted by molar-refractivity contribution is -0.141. The first-order chi connectivity index (χ1) is 11.1. The van der Waals surface area contributed by atoms with Crippen molar-refractivity contribution < 1.29 is 19.4 Å². The third-order valence-electron chi connectivity index (χ3n) is 4.78. The molecule has 1 amide bonds. The first-order valence-electron chi connectivity index (χ1n) is 8.42. The first-order valence-corrected chi connectivity index (χ1v) is 8.42. The summed E-state index contributed by atoms with van der Waals surface area (Å²) in [5.74, 6) is -0.555. The lowest BCUT2D eigenvalue weighted by Crippen LogP contribution is -2.29. The van der Waals surface area contributed by atoms with E-state index in [1.54, 1.807) is 17.0 Å². The zero-order valence-corrected chi connectivity index (χ0v) is 13.2. The van der Waals surface area contributed by atoms with Gasteiger partial charge in [0.15, 0.2) is 0 Å². The van der Waals surface area contributed by atoms with Crippen LogP contribution in [-0.4, -0.2) is 41.1 Å².